The molecule has 0 aromatic carbocycles. The minimum absolute atomic E-state index is 0.191. The van der Waals surface area contributed by atoms with Gasteiger partial charge in [0.05, 0.1) is 0 Å². The number of esters is 1. The number of Topliss-reactive ketones (excluding diaryl/α,β-unsaturated/α-hetero) is 1. The van der Waals surface area contributed by atoms with E-state index in [1.165, 1.54) is 51.0 Å². The highest BCUT2D eigenvalue weighted by Crippen LogP contribution is 2.77. The molecule has 0 aliphatic heterocycles. The average molecular weight is 497 g/mol. The van der Waals surface area contributed by atoms with Gasteiger partial charge in [-0.15, -0.1) is 0 Å². The summed E-state index contributed by atoms with van der Waals surface area (Å²) in [5, 5.41) is 0. The Morgan fingerprint density at radius 1 is 0.917 bits per heavy atom. The van der Waals surface area contributed by atoms with Gasteiger partial charge in [0, 0.05) is 18.8 Å². The van der Waals surface area contributed by atoms with Gasteiger partial charge in [0.2, 0.25) is 0 Å². The van der Waals surface area contributed by atoms with Crippen LogP contribution >= 0.6 is 0 Å². The van der Waals surface area contributed by atoms with E-state index in [2.05, 4.69) is 55.4 Å². The number of carbonyl (C=O) groups is 2. The highest BCUT2D eigenvalue weighted by atomic mass is 16.5. The lowest BCUT2D eigenvalue weighted by Crippen LogP contribution is -2.65. The number of ether oxygens (including phenoxy) is 1. The Labute approximate surface area is 220 Å². The first-order valence-corrected chi connectivity index (χ1v) is 15.1. The van der Waals surface area contributed by atoms with E-state index in [9.17, 15) is 9.59 Å². The number of allylic oxidation sites excluding steroid dienone is 1. The van der Waals surface area contributed by atoms with Crippen molar-refractivity contribution in [2.24, 2.45) is 56.7 Å². The SMILES string of the molecule is CC(=O)OC[C@@]12CC[C@]3(C)[C@H](CC[C@@H]4[C@@]5(C)CC[C@H](C)C(C)(C)[C@@H]5CC[C@]43C)C1=C(C(C)C)C(=O)C2. The average Bonchev–Trinajstić information content (AvgIpc) is 3.08. The molecule has 0 bridgehead atoms. The first-order chi connectivity index (χ1) is 16.6. The predicted molar refractivity (Wildman–Crippen MR) is 145 cm³/mol. The molecule has 0 amide bonds. The highest BCUT2D eigenvalue weighted by Gasteiger charge is 2.69. The minimum Gasteiger partial charge on any atom is -0.465 e. The third kappa shape index (κ3) is 3.28. The molecule has 4 saturated carbocycles. The van der Waals surface area contributed by atoms with Gasteiger partial charge in [-0.1, -0.05) is 55.4 Å². The number of hydrogen-bond acceptors (Lipinski definition) is 3. The Morgan fingerprint density at radius 3 is 2.25 bits per heavy atom. The maximum Gasteiger partial charge on any atom is 0.302 e. The quantitative estimate of drug-likeness (QED) is 0.370. The summed E-state index contributed by atoms with van der Waals surface area (Å²) in [7, 11) is 0. The molecular weight excluding hydrogens is 444 g/mol. The normalized spacial score (nSPS) is 47.7. The summed E-state index contributed by atoms with van der Waals surface area (Å²) in [6.07, 6.45) is 10.5. The van der Waals surface area contributed by atoms with Crippen LogP contribution in [0.5, 0.6) is 0 Å². The molecule has 0 unspecified atom stereocenters. The minimum atomic E-state index is -0.265. The van der Waals surface area contributed by atoms with Gasteiger partial charge in [0.25, 0.3) is 0 Å². The zero-order valence-corrected chi connectivity index (χ0v) is 24.7. The molecule has 5 aliphatic rings. The topological polar surface area (TPSA) is 43.4 Å². The molecule has 0 radical (unpaired) electrons. The monoisotopic (exact) mass is 496 g/mol. The second kappa shape index (κ2) is 8.19. The molecule has 4 fully saturated rings. The Bertz CT molecular complexity index is 989. The maximum absolute atomic E-state index is 13.5. The summed E-state index contributed by atoms with van der Waals surface area (Å²) in [4.78, 5) is 25.4. The van der Waals surface area contributed by atoms with E-state index in [1.807, 2.05) is 0 Å². The van der Waals surface area contributed by atoms with Gasteiger partial charge in [-0.3, -0.25) is 9.59 Å². The van der Waals surface area contributed by atoms with Gasteiger partial charge >= 0.3 is 5.97 Å². The Balaban J connectivity index is 1.58. The number of hydrogen-bond donors (Lipinski definition) is 0. The summed E-state index contributed by atoms with van der Waals surface area (Å²) in [5.74, 6) is 3.11. The highest BCUT2D eigenvalue weighted by molar-refractivity contribution is 6.00. The van der Waals surface area contributed by atoms with Crippen LogP contribution in [0, 0.1) is 56.7 Å². The van der Waals surface area contributed by atoms with Crippen molar-refractivity contribution in [1.29, 1.82) is 0 Å². The number of ketones is 1. The molecule has 8 atom stereocenters. The molecule has 0 N–H and O–H groups in total. The molecule has 36 heavy (non-hydrogen) atoms. The second-order valence-electron chi connectivity index (χ2n) is 15.5. The van der Waals surface area contributed by atoms with Crippen LogP contribution in [-0.4, -0.2) is 18.4 Å². The molecular formula is C33H52O3. The first-order valence-electron chi connectivity index (χ1n) is 15.1. The molecule has 5 rings (SSSR count). The van der Waals surface area contributed by atoms with Crippen LogP contribution < -0.4 is 0 Å². The number of carbonyl (C=O) groups excluding carboxylic acids is 2. The van der Waals surface area contributed by atoms with Crippen LogP contribution in [-0.2, 0) is 14.3 Å². The van der Waals surface area contributed by atoms with Crippen LogP contribution in [0.15, 0.2) is 11.1 Å². The fourth-order valence-electron chi connectivity index (χ4n) is 11.3. The summed E-state index contributed by atoms with van der Waals surface area (Å²) in [6, 6.07) is 0. The summed E-state index contributed by atoms with van der Waals surface area (Å²) >= 11 is 0. The third-order valence-electron chi connectivity index (χ3n) is 13.7. The van der Waals surface area contributed by atoms with Gasteiger partial charge in [0.15, 0.2) is 5.78 Å². The van der Waals surface area contributed by atoms with E-state index in [0.717, 1.165) is 36.2 Å². The fraction of sp³-hybridized carbons (Fsp3) is 0.879. The van der Waals surface area contributed by atoms with Crippen LogP contribution in [0.1, 0.15) is 120 Å². The van der Waals surface area contributed by atoms with Crippen LogP contribution in [0.25, 0.3) is 0 Å². The van der Waals surface area contributed by atoms with Crippen molar-refractivity contribution in [2.75, 3.05) is 6.61 Å². The number of fused-ring (bicyclic) bond motifs is 7. The van der Waals surface area contributed by atoms with Gasteiger partial charge in [-0.05, 0) is 114 Å². The predicted octanol–water partition coefficient (Wildman–Crippen LogP) is 8.17. The summed E-state index contributed by atoms with van der Waals surface area (Å²) < 4.78 is 5.70. The van der Waals surface area contributed by atoms with Gasteiger partial charge in [-0.25, -0.2) is 0 Å². The van der Waals surface area contributed by atoms with E-state index in [1.54, 1.807) is 0 Å². The largest absolute Gasteiger partial charge is 0.465 e. The molecule has 0 saturated heterocycles. The van der Waals surface area contributed by atoms with Crippen molar-refractivity contribution in [1.82, 2.24) is 0 Å². The van der Waals surface area contributed by atoms with Gasteiger partial charge in [0.1, 0.15) is 6.61 Å². The fourth-order valence-corrected chi connectivity index (χ4v) is 11.3. The smallest absolute Gasteiger partial charge is 0.302 e. The van der Waals surface area contributed by atoms with Crippen molar-refractivity contribution >= 4 is 11.8 Å². The van der Waals surface area contributed by atoms with E-state index < -0.39 is 0 Å². The van der Waals surface area contributed by atoms with Crippen molar-refractivity contribution in [2.45, 2.75) is 120 Å². The number of rotatable bonds is 3. The third-order valence-corrected chi connectivity index (χ3v) is 13.7. The second-order valence-corrected chi connectivity index (χ2v) is 15.5. The lowest BCUT2D eigenvalue weighted by Gasteiger charge is -2.72. The van der Waals surface area contributed by atoms with E-state index in [4.69, 9.17) is 4.74 Å². The zero-order chi connectivity index (χ0) is 26.5. The van der Waals surface area contributed by atoms with Crippen molar-refractivity contribution < 1.29 is 14.3 Å². The molecule has 202 valence electrons. The molecule has 0 aromatic heterocycles. The maximum atomic E-state index is 13.5. The molecule has 0 spiro atoms. The van der Waals surface area contributed by atoms with Crippen LogP contribution in [0.2, 0.25) is 0 Å². The van der Waals surface area contributed by atoms with Crippen molar-refractivity contribution in [3.8, 4) is 0 Å². The molecule has 5 aliphatic carbocycles. The van der Waals surface area contributed by atoms with Crippen molar-refractivity contribution in [3.05, 3.63) is 11.1 Å². The van der Waals surface area contributed by atoms with Gasteiger partial charge in [-0.2, -0.15) is 0 Å². The van der Waals surface area contributed by atoms with E-state index in [-0.39, 0.29) is 28.1 Å². The molecule has 0 aromatic rings. The van der Waals surface area contributed by atoms with E-state index in [0.29, 0.717) is 35.6 Å². The van der Waals surface area contributed by atoms with Crippen LogP contribution in [0.4, 0.5) is 0 Å². The first kappa shape index (κ1) is 26.5. The Hall–Kier alpha value is -1.12. The molecule has 3 heteroatoms. The Morgan fingerprint density at radius 2 is 1.61 bits per heavy atom. The Kier molecular flexibility index (Phi) is 6.02. The van der Waals surface area contributed by atoms with Gasteiger partial charge < -0.3 is 4.74 Å². The standard InChI is InChI=1S/C33H52O3/c1-20(2)27-24(35)18-33(19-36-22(4)34)17-16-31(8)23(28(27)33)10-11-26-30(7)14-12-21(3)29(5,6)25(30)13-15-32(26,31)9/h20-21,23,25-26H,10-19H2,1-9H3/t21-,23+,25-,26+,30-,31+,32+,33-/m0/s1. The van der Waals surface area contributed by atoms with Crippen LogP contribution in [0.3, 0.4) is 0 Å². The van der Waals surface area contributed by atoms with E-state index >= 15 is 0 Å². The zero-order valence-electron chi connectivity index (χ0n) is 24.7. The lowest BCUT2D eigenvalue weighted by molar-refractivity contribution is -0.220. The lowest BCUT2D eigenvalue weighted by atomic mass is 9.32. The van der Waals surface area contributed by atoms with Crippen molar-refractivity contribution in [3.63, 3.8) is 0 Å². The molecule has 0 heterocycles. The molecule has 3 nitrogen and oxygen atoms in total. The summed E-state index contributed by atoms with van der Waals surface area (Å²) in [6.45, 7) is 21.8. The summed E-state index contributed by atoms with van der Waals surface area (Å²) in [5.41, 5.74) is 3.53.